The van der Waals surface area contributed by atoms with E-state index in [2.05, 4.69) is 5.32 Å². The second-order valence-electron chi connectivity index (χ2n) is 5.58. The monoisotopic (exact) mass is 275 g/mol. The number of amides is 1. The van der Waals surface area contributed by atoms with E-state index in [1.807, 2.05) is 4.90 Å². The SMILES string of the molecule is O=C(Cc1ccc([N+](=O)[O-])cc1)N1CC2CNCC2C1. The van der Waals surface area contributed by atoms with E-state index in [1.54, 1.807) is 12.1 Å². The minimum absolute atomic E-state index is 0.0583. The van der Waals surface area contributed by atoms with Crippen LogP contribution in [0.4, 0.5) is 5.69 Å². The van der Waals surface area contributed by atoms with E-state index in [0.717, 1.165) is 31.7 Å². The lowest BCUT2D eigenvalue weighted by Crippen LogP contribution is -2.32. The van der Waals surface area contributed by atoms with Crippen molar-refractivity contribution in [3.05, 3.63) is 39.9 Å². The molecule has 2 saturated heterocycles. The fourth-order valence-corrected chi connectivity index (χ4v) is 3.08. The molecule has 0 spiro atoms. The van der Waals surface area contributed by atoms with Gasteiger partial charge >= 0.3 is 0 Å². The van der Waals surface area contributed by atoms with Gasteiger partial charge in [0.1, 0.15) is 0 Å². The van der Waals surface area contributed by atoms with Gasteiger partial charge in [0.15, 0.2) is 0 Å². The van der Waals surface area contributed by atoms with Crippen LogP contribution in [-0.4, -0.2) is 41.9 Å². The van der Waals surface area contributed by atoms with Gasteiger partial charge in [-0.2, -0.15) is 0 Å². The number of nitrogens with one attached hydrogen (secondary N) is 1. The minimum Gasteiger partial charge on any atom is -0.342 e. The third-order valence-corrected chi connectivity index (χ3v) is 4.24. The molecule has 3 rings (SSSR count). The number of hydrogen-bond acceptors (Lipinski definition) is 4. The maximum absolute atomic E-state index is 12.2. The predicted molar refractivity (Wildman–Crippen MR) is 73.2 cm³/mol. The number of carbonyl (C=O) groups is 1. The molecule has 2 fully saturated rings. The summed E-state index contributed by atoms with van der Waals surface area (Å²) >= 11 is 0. The lowest BCUT2D eigenvalue weighted by Gasteiger charge is -2.17. The number of fused-ring (bicyclic) bond motifs is 1. The highest BCUT2D eigenvalue weighted by molar-refractivity contribution is 5.79. The Morgan fingerprint density at radius 1 is 1.25 bits per heavy atom. The number of nitro benzene ring substituents is 1. The summed E-state index contributed by atoms with van der Waals surface area (Å²) in [4.78, 5) is 24.3. The van der Waals surface area contributed by atoms with Crippen LogP contribution in [0.2, 0.25) is 0 Å². The second kappa shape index (κ2) is 5.20. The molecule has 0 bridgehead atoms. The predicted octanol–water partition coefficient (Wildman–Crippen LogP) is 0.815. The Morgan fingerprint density at radius 2 is 1.85 bits per heavy atom. The fraction of sp³-hybridized carbons (Fsp3) is 0.500. The number of rotatable bonds is 3. The smallest absolute Gasteiger partial charge is 0.269 e. The fourth-order valence-electron chi connectivity index (χ4n) is 3.08. The van der Waals surface area contributed by atoms with Crippen LogP contribution in [0.25, 0.3) is 0 Å². The topological polar surface area (TPSA) is 75.5 Å². The Hall–Kier alpha value is -1.95. The van der Waals surface area contributed by atoms with Crippen molar-refractivity contribution in [2.45, 2.75) is 6.42 Å². The number of nitro groups is 1. The van der Waals surface area contributed by atoms with E-state index in [9.17, 15) is 14.9 Å². The first-order valence-corrected chi connectivity index (χ1v) is 6.85. The van der Waals surface area contributed by atoms with Crippen LogP contribution < -0.4 is 5.32 Å². The zero-order valence-corrected chi connectivity index (χ0v) is 11.1. The number of non-ortho nitro benzene ring substituents is 1. The van der Waals surface area contributed by atoms with Crippen molar-refractivity contribution in [2.24, 2.45) is 11.8 Å². The van der Waals surface area contributed by atoms with Crippen LogP contribution in [0, 0.1) is 22.0 Å². The highest BCUT2D eigenvalue weighted by Gasteiger charge is 2.37. The standard InChI is InChI=1S/C14H17N3O3/c18-14(16-8-11-6-15-7-12(11)9-16)5-10-1-3-13(4-2-10)17(19)20/h1-4,11-12,15H,5-9H2. The van der Waals surface area contributed by atoms with Gasteiger partial charge in [0.25, 0.3) is 5.69 Å². The van der Waals surface area contributed by atoms with Gasteiger partial charge in [0, 0.05) is 38.3 Å². The van der Waals surface area contributed by atoms with Crippen LogP contribution in [0.3, 0.4) is 0 Å². The highest BCUT2D eigenvalue weighted by atomic mass is 16.6. The molecule has 1 N–H and O–H groups in total. The summed E-state index contributed by atoms with van der Waals surface area (Å²) in [6.07, 6.45) is 0.324. The van der Waals surface area contributed by atoms with Gasteiger partial charge in [-0.05, 0) is 17.4 Å². The lowest BCUT2D eigenvalue weighted by atomic mass is 10.0. The zero-order valence-electron chi connectivity index (χ0n) is 11.1. The van der Waals surface area contributed by atoms with Crippen molar-refractivity contribution >= 4 is 11.6 Å². The third kappa shape index (κ3) is 2.51. The number of hydrogen-bond donors (Lipinski definition) is 1. The van der Waals surface area contributed by atoms with Crippen molar-refractivity contribution < 1.29 is 9.72 Å². The molecule has 2 atom stereocenters. The Morgan fingerprint density at radius 3 is 2.40 bits per heavy atom. The van der Waals surface area contributed by atoms with Crippen molar-refractivity contribution in [1.29, 1.82) is 0 Å². The quantitative estimate of drug-likeness (QED) is 0.654. The molecule has 2 aliphatic rings. The van der Waals surface area contributed by atoms with Gasteiger partial charge in [-0.15, -0.1) is 0 Å². The third-order valence-electron chi connectivity index (χ3n) is 4.24. The molecule has 1 amide bonds. The average molecular weight is 275 g/mol. The van der Waals surface area contributed by atoms with Gasteiger partial charge in [-0.1, -0.05) is 12.1 Å². The van der Waals surface area contributed by atoms with Gasteiger partial charge in [-0.3, -0.25) is 14.9 Å². The maximum atomic E-state index is 12.2. The second-order valence-corrected chi connectivity index (χ2v) is 5.58. The largest absolute Gasteiger partial charge is 0.342 e. The molecule has 6 nitrogen and oxygen atoms in total. The average Bonchev–Trinajstić information content (AvgIpc) is 2.99. The van der Waals surface area contributed by atoms with Crippen LogP contribution >= 0.6 is 0 Å². The molecule has 1 aromatic rings. The van der Waals surface area contributed by atoms with E-state index >= 15 is 0 Å². The summed E-state index contributed by atoms with van der Waals surface area (Å²) in [5, 5.41) is 13.9. The summed E-state index contributed by atoms with van der Waals surface area (Å²) < 4.78 is 0. The molecule has 106 valence electrons. The Labute approximate surface area is 116 Å². The Kier molecular flexibility index (Phi) is 3.40. The van der Waals surface area contributed by atoms with Crippen molar-refractivity contribution in [3.63, 3.8) is 0 Å². The molecule has 6 heteroatoms. The van der Waals surface area contributed by atoms with Crippen LogP contribution in [0.5, 0.6) is 0 Å². The van der Waals surface area contributed by atoms with Gasteiger partial charge in [0.05, 0.1) is 11.3 Å². The maximum Gasteiger partial charge on any atom is 0.269 e. The molecule has 0 aromatic heterocycles. The van der Waals surface area contributed by atoms with Gasteiger partial charge in [-0.25, -0.2) is 0 Å². The molecule has 2 unspecified atom stereocenters. The van der Waals surface area contributed by atoms with Crippen LogP contribution in [0.1, 0.15) is 5.56 Å². The summed E-state index contributed by atoms with van der Waals surface area (Å²) in [5.41, 5.74) is 0.888. The molecular weight excluding hydrogens is 258 g/mol. The van der Waals surface area contributed by atoms with Crippen molar-refractivity contribution in [2.75, 3.05) is 26.2 Å². The molecule has 0 radical (unpaired) electrons. The van der Waals surface area contributed by atoms with E-state index < -0.39 is 4.92 Å². The summed E-state index contributed by atoms with van der Waals surface area (Å²) in [6, 6.07) is 6.22. The summed E-state index contributed by atoms with van der Waals surface area (Å²) in [5.74, 6) is 1.31. The van der Waals surface area contributed by atoms with E-state index in [-0.39, 0.29) is 11.6 Å². The number of benzene rings is 1. The van der Waals surface area contributed by atoms with Gasteiger partial charge < -0.3 is 10.2 Å². The normalized spacial score (nSPS) is 24.7. The van der Waals surface area contributed by atoms with Gasteiger partial charge in [0.2, 0.25) is 5.91 Å². The first-order valence-electron chi connectivity index (χ1n) is 6.85. The van der Waals surface area contributed by atoms with E-state index in [1.165, 1.54) is 12.1 Å². The van der Waals surface area contributed by atoms with Crippen LogP contribution in [0.15, 0.2) is 24.3 Å². The van der Waals surface area contributed by atoms with Crippen molar-refractivity contribution in [1.82, 2.24) is 10.2 Å². The molecule has 0 saturated carbocycles. The van der Waals surface area contributed by atoms with E-state index in [4.69, 9.17) is 0 Å². The van der Waals surface area contributed by atoms with E-state index in [0.29, 0.717) is 18.3 Å². The van der Waals surface area contributed by atoms with Crippen molar-refractivity contribution in [3.8, 4) is 0 Å². The Bertz CT molecular complexity index is 517. The molecule has 20 heavy (non-hydrogen) atoms. The first kappa shape index (κ1) is 13.1. The molecule has 2 heterocycles. The highest BCUT2D eigenvalue weighted by Crippen LogP contribution is 2.26. The molecule has 0 aliphatic carbocycles. The summed E-state index contributed by atoms with van der Waals surface area (Å²) in [7, 11) is 0. The Balaban J connectivity index is 1.60. The number of carbonyl (C=O) groups excluding carboxylic acids is 1. The molecular formula is C14H17N3O3. The zero-order chi connectivity index (χ0) is 14.1. The number of nitrogens with zero attached hydrogens (tertiary/aromatic N) is 2. The minimum atomic E-state index is -0.430. The number of likely N-dealkylation sites (tertiary alicyclic amines) is 1. The van der Waals surface area contributed by atoms with Crippen LogP contribution in [-0.2, 0) is 11.2 Å². The molecule has 2 aliphatic heterocycles. The lowest BCUT2D eigenvalue weighted by molar-refractivity contribution is -0.384. The summed E-state index contributed by atoms with van der Waals surface area (Å²) in [6.45, 7) is 3.69. The first-order chi connectivity index (χ1) is 9.63. The molecule has 1 aromatic carbocycles.